The molecule has 1 aromatic rings. The van der Waals surface area contributed by atoms with Crippen molar-refractivity contribution in [1.82, 2.24) is 0 Å². The van der Waals surface area contributed by atoms with E-state index >= 15 is 0 Å². The summed E-state index contributed by atoms with van der Waals surface area (Å²) in [5, 5.41) is 7.12. The second-order valence-corrected chi connectivity index (χ2v) is 11.6. The fourth-order valence-electron chi connectivity index (χ4n) is 1.61. The summed E-state index contributed by atoms with van der Waals surface area (Å²) in [5.41, 5.74) is 6.92. The Kier molecular flexibility index (Phi) is 9.88. The van der Waals surface area contributed by atoms with Gasteiger partial charge in [-0.15, -0.1) is 0 Å². The van der Waals surface area contributed by atoms with Crippen LogP contribution in [0.25, 0.3) is 0 Å². The van der Waals surface area contributed by atoms with Crippen molar-refractivity contribution in [1.29, 1.82) is 0 Å². The number of ether oxygens (including phenoxy) is 2. The summed E-state index contributed by atoms with van der Waals surface area (Å²) in [6.07, 6.45) is -4.23. The molecule has 1 aromatic carbocycles. The Morgan fingerprint density at radius 1 is 1.16 bits per heavy atom. The molecule has 1 aliphatic heterocycles. The molecular formula is C12H14F3NO4S5. The molecule has 0 spiro atoms. The van der Waals surface area contributed by atoms with Gasteiger partial charge in [0.15, 0.2) is 11.5 Å². The molecule has 0 saturated heterocycles. The number of methoxy groups -OCH3 is 2. The molecular weight excluding hydrogens is 439 g/mol. The van der Waals surface area contributed by atoms with Gasteiger partial charge in [0.1, 0.15) is 0 Å². The van der Waals surface area contributed by atoms with Crippen LogP contribution in [-0.4, -0.2) is 38.0 Å². The maximum atomic E-state index is 10.6. The highest BCUT2D eigenvalue weighted by molar-refractivity contribution is 9.36. The number of aliphatic carboxylic acids is 1. The fraction of sp³-hybridized carbons (Fsp3) is 0.417. The van der Waals surface area contributed by atoms with E-state index in [4.69, 9.17) is 25.1 Å². The lowest BCUT2D eigenvalue weighted by Crippen LogP contribution is -2.21. The van der Waals surface area contributed by atoms with Gasteiger partial charge in [0.2, 0.25) is 0 Å². The first-order chi connectivity index (χ1) is 11.8. The van der Waals surface area contributed by atoms with Crippen molar-refractivity contribution in [2.75, 3.05) is 20.8 Å². The summed E-state index contributed by atoms with van der Waals surface area (Å²) >= 11 is 0. The molecule has 142 valence electrons. The average molecular weight is 454 g/mol. The third kappa shape index (κ3) is 6.79. The zero-order chi connectivity index (χ0) is 19.0. The lowest BCUT2D eigenvalue weighted by atomic mass is 10.1. The zero-order valence-electron chi connectivity index (χ0n) is 12.9. The van der Waals surface area contributed by atoms with Crippen molar-refractivity contribution in [2.45, 2.75) is 22.4 Å². The molecule has 0 saturated carbocycles. The van der Waals surface area contributed by atoms with Crippen LogP contribution in [0.15, 0.2) is 15.9 Å². The minimum atomic E-state index is -5.08. The minimum Gasteiger partial charge on any atom is -0.493 e. The summed E-state index contributed by atoms with van der Waals surface area (Å²) in [4.78, 5) is 11.3. The van der Waals surface area contributed by atoms with Crippen LogP contribution >= 0.6 is 51.1 Å². The Balaban J connectivity index is 0.000000381. The van der Waals surface area contributed by atoms with Gasteiger partial charge in [0, 0.05) is 4.90 Å². The standard InChI is InChI=1S/C10H13NO2S5.C2HF3O2/c1-12-7-5-6(3-4-11)9-10(8(7)13-2)15-17-18-16-14-9;3-2(4,5)1(6)7/h5H,3-4,11H2,1-2H3;(H,6,7). The van der Waals surface area contributed by atoms with E-state index in [0.29, 0.717) is 6.54 Å². The Morgan fingerprint density at radius 3 is 2.16 bits per heavy atom. The lowest BCUT2D eigenvalue weighted by molar-refractivity contribution is -0.192. The molecule has 0 fully saturated rings. The number of rotatable bonds is 4. The van der Waals surface area contributed by atoms with E-state index in [-0.39, 0.29) is 0 Å². The molecule has 0 bridgehead atoms. The van der Waals surface area contributed by atoms with Crippen LogP contribution in [0.5, 0.6) is 11.5 Å². The normalized spacial score (nSPS) is 13.8. The van der Waals surface area contributed by atoms with Crippen LogP contribution in [0.1, 0.15) is 5.56 Å². The van der Waals surface area contributed by atoms with E-state index in [1.807, 2.05) is 6.07 Å². The Labute approximate surface area is 161 Å². The van der Waals surface area contributed by atoms with Crippen LogP contribution in [0, 0.1) is 0 Å². The number of nitrogens with two attached hydrogens (primary N) is 1. The van der Waals surface area contributed by atoms with Crippen LogP contribution in [0.2, 0.25) is 0 Å². The van der Waals surface area contributed by atoms with Crippen LogP contribution in [-0.2, 0) is 11.2 Å². The van der Waals surface area contributed by atoms with Crippen molar-refractivity contribution in [3.8, 4) is 11.5 Å². The Hall–Kier alpha value is -0.210. The summed E-state index contributed by atoms with van der Waals surface area (Å²) in [6, 6.07) is 2.04. The van der Waals surface area contributed by atoms with E-state index < -0.39 is 12.1 Å². The van der Waals surface area contributed by atoms with Crippen molar-refractivity contribution in [3.05, 3.63) is 11.6 Å². The van der Waals surface area contributed by atoms with E-state index in [2.05, 4.69) is 0 Å². The van der Waals surface area contributed by atoms with Gasteiger partial charge in [-0.1, -0.05) is 0 Å². The first kappa shape index (κ1) is 22.8. The lowest BCUT2D eigenvalue weighted by Gasteiger charge is -2.17. The van der Waals surface area contributed by atoms with Crippen molar-refractivity contribution in [2.24, 2.45) is 5.73 Å². The molecule has 0 aromatic heterocycles. The van der Waals surface area contributed by atoms with Gasteiger partial charge in [-0.3, -0.25) is 0 Å². The van der Waals surface area contributed by atoms with Gasteiger partial charge in [-0.05, 0) is 75.7 Å². The highest BCUT2D eigenvalue weighted by Gasteiger charge is 2.38. The van der Waals surface area contributed by atoms with Gasteiger partial charge >= 0.3 is 12.1 Å². The fourth-order valence-corrected chi connectivity index (χ4v) is 10.9. The monoisotopic (exact) mass is 453 g/mol. The molecule has 25 heavy (non-hydrogen) atoms. The smallest absolute Gasteiger partial charge is 0.490 e. The van der Waals surface area contributed by atoms with Gasteiger partial charge in [-0.2, -0.15) is 13.2 Å². The predicted octanol–water partition coefficient (Wildman–Crippen LogP) is 4.90. The molecule has 0 radical (unpaired) electrons. The summed E-state index contributed by atoms with van der Waals surface area (Å²) in [6.45, 7) is 0.637. The maximum Gasteiger partial charge on any atom is 0.490 e. The number of alkyl halides is 3. The molecule has 3 N–H and O–H groups in total. The van der Waals surface area contributed by atoms with Crippen molar-refractivity contribution >= 4 is 57.0 Å². The Bertz CT molecular complexity index is 603. The second kappa shape index (κ2) is 10.8. The number of fused-ring (bicyclic) bond motifs is 1. The van der Waals surface area contributed by atoms with E-state index in [1.165, 1.54) is 10.5 Å². The van der Waals surface area contributed by atoms with E-state index in [0.717, 1.165) is 22.8 Å². The molecule has 0 atom stereocenters. The largest absolute Gasteiger partial charge is 0.493 e. The zero-order valence-corrected chi connectivity index (χ0v) is 17.0. The van der Waals surface area contributed by atoms with Gasteiger partial charge in [0.25, 0.3) is 0 Å². The molecule has 1 aliphatic rings. The molecule has 1 heterocycles. The molecule has 13 heteroatoms. The third-order valence-electron chi connectivity index (χ3n) is 2.60. The molecule has 0 amide bonds. The second-order valence-electron chi connectivity index (χ2n) is 4.14. The quantitative estimate of drug-likeness (QED) is 0.615. The molecule has 0 aliphatic carbocycles. The van der Waals surface area contributed by atoms with E-state index in [9.17, 15) is 13.2 Å². The Morgan fingerprint density at radius 2 is 1.72 bits per heavy atom. The predicted molar refractivity (Wildman–Crippen MR) is 100 cm³/mol. The number of hydrogen-bond acceptors (Lipinski definition) is 9. The van der Waals surface area contributed by atoms with Gasteiger partial charge in [-0.25, -0.2) is 4.79 Å². The number of carboxylic acids is 1. The van der Waals surface area contributed by atoms with E-state index in [1.54, 1.807) is 65.3 Å². The summed E-state index contributed by atoms with van der Waals surface area (Å²) in [5.74, 6) is -1.15. The third-order valence-corrected chi connectivity index (χ3v) is 11.1. The van der Waals surface area contributed by atoms with Crippen LogP contribution in [0.3, 0.4) is 0 Å². The SMILES string of the molecule is COc1cc(CCN)c2c(c1OC)SSSSS2.O=C(O)C(F)(F)F. The highest BCUT2D eigenvalue weighted by atomic mass is 33.8. The molecule has 5 nitrogen and oxygen atoms in total. The maximum absolute atomic E-state index is 10.6. The van der Waals surface area contributed by atoms with Crippen LogP contribution in [0.4, 0.5) is 13.2 Å². The van der Waals surface area contributed by atoms with Crippen LogP contribution < -0.4 is 15.2 Å². The summed E-state index contributed by atoms with van der Waals surface area (Å²) < 4.78 is 42.7. The number of carbonyl (C=O) groups is 1. The highest BCUT2D eigenvalue weighted by Crippen LogP contribution is 2.63. The van der Waals surface area contributed by atoms with Crippen molar-refractivity contribution < 1.29 is 32.5 Å². The number of halogens is 3. The topological polar surface area (TPSA) is 81.8 Å². The molecule has 0 unspecified atom stereocenters. The first-order valence-corrected chi connectivity index (χ1v) is 12.5. The average Bonchev–Trinajstić information content (AvgIpc) is 2.80. The minimum absolute atomic E-state index is 0.637. The van der Waals surface area contributed by atoms with Crippen molar-refractivity contribution in [3.63, 3.8) is 0 Å². The first-order valence-electron chi connectivity index (χ1n) is 6.38. The number of benzene rings is 1. The number of hydrogen-bond donors (Lipinski definition) is 2. The molecule has 2 rings (SSSR count). The van der Waals surface area contributed by atoms with Gasteiger partial charge < -0.3 is 20.3 Å². The van der Waals surface area contributed by atoms with Gasteiger partial charge in [0.05, 0.1) is 19.1 Å². The number of carboxylic acid groups (broad SMARTS) is 1. The summed E-state index contributed by atoms with van der Waals surface area (Å²) in [7, 11) is 12.1.